The maximum absolute atomic E-state index is 14.4. The number of aryl methyl sites for hydroxylation is 1. The third-order valence-electron chi connectivity index (χ3n) is 5.03. The lowest BCUT2D eigenvalue weighted by Gasteiger charge is -2.51. The first kappa shape index (κ1) is 19.1. The number of benzene rings is 1. The zero-order valence-corrected chi connectivity index (χ0v) is 15.9. The highest BCUT2D eigenvalue weighted by Gasteiger charge is 2.49. The number of halogens is 1. The number of ether oxygens (including phenoxy) is 2. The van der Waals surface area contributed by atoms with E-state index >= 15 is 0 Å². The van der Waals surface area contributed by atoms with Crippen LogP contribution in [0.15, 0.2) is 18.2 Å². The van der Waals surface area contributed by atoms with Gasteiger partial charge in [-0.15, -0.1) is 0 Å². The summed E-state index contributed by atoms with van der Waals surface area (Å²) in [5.41, 5.74) is -0.560. The van der Waals surface area contributed by atoms with E-state index in [2.05, 4.69) is 0 Å². The molecule has 0 aliphatic carbocycles. The number of hydrogen-bond acceptors (Lipinski definition) is 4. The zero-order chi connectivity index (χ0) is 19.1. The van der Waals surface area contributed by atoms with Crippen LogP contribution in [0.2, 0.25) is 0 Å². The minimum Gasteiger partial charge on any atom is -0.444 e. The molecule has 1 aromatic carbocycles. The van der Waals surface area contributed by atoms with Gasteiger partial charge in [-0.1, -0.05) is 18.2 Å². The molecule has 3 rings (SSSR count). The predicted octanol–water partition coefficient (Wildman–Crippen LogP) is 3.21. The van der Waals surface area contributed by atoms with Gasteiger partial charge < -0.3 is 14.6 Å². The van der Waals surface area contributed by atoms with Crippen molar-refractivity contribution in [2.45, 2.75) is 70.2 Å². The predicted molar refractivity (Wildman–Crippen MR) is 95.5 cm³/mol. The van der Waals surface area contributed by atoms with Crippen LogP contribution in [-0.2, 0) is 15.9 Å². The molecule has 2 fully saturated rings. The number of rotatable bonds is 2. The van der Waals surface area contributed by atoms with Crippen LogP contribution in [0.4, 0.5) is 9.18 Å². The SMILES string of the molecule is Cc1cccc(CC2(O)CC3COCC(C2)N3C(=O)OC(C)(C)C)c1F. The van der Waals surface area contributed by atoms with Crippen LogP contribution in [-0.4, -0.2) is 52.6 Å². The Hall–Kier alpha value is -1.66. The van der Waals surface area contributed by atoms with Crippen LogP contribution >= 0.6 is 0 Å². The molecule has 2 unspecified atom stereocenters. The van der Waals surface area contributed by atoms with Crippen molar-refractivity contribution in [3.05, 3.63) is 35.1 Å². The third kappa shape index (κ3) is 4.01. The molecular weight excluding hydrogens is 337 g/mol. The Kier molecular flexibility index (Phi) is 5.01. The summed E-state index contributed by atoms with van der Waals surface area (Å²) in [6, 6.07) is 4.70. The summed E-state index contributed by atoms with van der Waals surface area (Å²) >= 11 is 0. The molecule has 0 spiro atoms. The van der Waals surface area contributed by atoms with E-state index in [1.807, 2.05) is 20.8 Å². The zero-order valence-electron chi connectivity index (χ0n) is 15.9. The number of aliphatic hydroxyl groups is 1. The maximum Gasteiger partial charge on any atom is 0.410 e. The van der Waals surface area contributed by atoms with E-state index in [0.29, 0.717) is 37.2 Å². The van der Waals surface area contributed by atoms with Gasteiger partial charge in [0, 0.05) is 6.42 Å². The first-order valence-electron chi connectivity index (χ1n) is 9.13. The van der Waals surface area contributed by atoms with Gasteiger partial charge in [0.25, 0.3) is 0 Å². The second-order valence-electron chi connectivity index (χ2n) is 8.59. The van der Waals surface area contributed by atoms with Crippen LogP contribution in [0.5, 0.6) is 0 Å². The second kappa shape index (κ2) is 6.82. The highest BCUT2D eigenvalue weighted by Crippen LogP contribution is 2.38. The van der Waals surface area contributed by atoms with Crippen molar-refractivity contribution < 1.29 is 23.8 Å². The first-order valence-corrected chi connectivity index (χ1v) is 9.13. The van der Waals surface area contributed by atoms with Crippen LogP contribution in [0.25, 0.3) is 0 Å². The fourth-order valence-electron chi connectivity index (χ4n) is 4.03. The van der Waals surface area contributed by atoms with E-state index in [1.54, 1.807) is 30.0 Å². The van der Waals surface area contributed by atoms with Gasteiger partial charge in [-0.2, -0.15) is 0 Å². The molecule has 1 amide bonds. The van der Waals surface area contributed by atoms with Crippen LogP contribution in [0.3, 0.4) is 0 Å². The number of piperidine rings is 1. The lowest BCUT2D eigenvalue weighted by molar-refractivity contribution is -0.137. The van der Waals surface area contributed by atoms with E-state index in [4.69, 9.17) is 9.47 Å². The monoisotopic (exact) mass is 365 g/mol. The van der Waals surface area contributed by atoms with Gasteiger partial charge in [-0.05, 0) is 51.7 Å². The number of carbonyl (C=O) groups excluding carboxylic acids is 1. The van der Waals surface area contributed by atoms with Crippen molar-refractivity contribution in [3.63, 3.8) is 0 Å². The molecule has 6 heteroatoms. The third-order valence-corrected chi connectivity index (χ3v) is 5.03. The Morgan fingerprint density at radius 1 is 1.35 bits per heavy atom. The van der Waals surface area contributed by atoms with E-state index in [-0.39, 0.29) is 30.4 Å². The maximum atomic E-state index is 14.4. The minimum absolute atomic E-state index is 0.232. The number of hydrogen-bond donors (Lipinski definition) is 1. The lowest BCUT2D eigenvalue weighted by atomic mass is 9.77. The summed E-state index contributed by atoms with van der Waals surface area (Å²) in [6.07, 6.45) is 0.543. The van der Waals surface area contributed by atoms with Gasteiger partial charge in [0.1, 0.15) is 11.4 Å². The Morgan fingerprint density at radius 3 is 2.54 bits per heavy atom. The highest BCUT2D eigenvalue weighted by molar-refractivity contribution is 5.69. The average molecular weight is 365 g/mol. The summed E-state index contributed by atoms with van der Waals surface area (Å²) in [7, 11) is 0. The van der Waals surface area contributed by atoms with Gasteiger partial charge >= 0.3 is 6.09 Å². The Balaban J connectivity index is 1.78. The van der Waals surface area contributed by atoms with Crippen molar-refractivity contribution in [1.29, 1.82) is 0 Å². The van der Waals surface area contributed by atoms with Crippen molar-refractivity contribution in [2.75, 3.05) is 13.2 Å². The van der Waals surface area contributed by atoms with Crippen molar-refractivity contribution in [3.8, 4) is 0 Å². The molecule has 2 saturated heterocycles. The number of carbonyl (C=O) groups is 1. The van der Waals surface area contributed by atoms with Gasteiger partial charge in [0.05, 0.1) is 30.9 Å². The minimum atomic E-state index is -1.06. The molecule has 1 aromatic rings. The van der Waals surface area contributed by atoms with Gasteiger partial charge in [0.2, 0.25) is 0 Å². The van der Waals surface area contributed by atoms with Gasteiger partial charge in [-0.25, -0.2) is 9.18 Å². The van der Waals surface area contributed by atoms with E-state index < -0.39 is 11.2 Å². The Bertz CT molecular complexity index is 671. The van der Waals surface area contributed by atoms with Crippen molar-refractivity contribution >= 4 is 6.09 Å². The molecule has 0 aromatic heterocycles. The summed E-state index contributed by atoms with van der Waals surface area (Å²) in [6.45, 7) is 7.92. The fourth-order valence-corrected chi connectivity index (χ4v) is 4.03. The van der Waals surface area contributed by atoms with Crippen LogP contribution in [0.1, 0.15) is 44.7 Å². The van der Waals surface area contributed by atoms with Gasteiger partial charge in [-0.3, -0.25) is 4.90 Å². The number of morpholine rings is 1. The molecule has 2 bridgehead atoms. The highest BCUT2D eigenvalue weighted by atomic mass is 19.1. The quantitative estimate of drug-likeness (QED) is 0.874. The van der Waals surface area contributed by atoms with Crippen molar-refractivity contribution in [2.24, 2.45) is 0 Å². The Labute approximate surface area is 154 Å². The summed E-state index contributed by atoms with van der Waals surface area (Å²) in [5.74, 6) is -0.267. The molecule has 2 aliphatic rings. The van der Waals surface area contributed by atoms with Crippen LogP contribution < -0.4 is 0 Å². The normalized spacial score (nSPS) is 28.8. The smallest absolute Gasteiger partial charge is 0.410 e. The van der Waals surface area contributed by atoms with E-state index in [0.717, 1.165) is 0 Å². The summed E-state index contributed by atoms with van der Waals surface area (Å²) < 4.78 is 25.5. The van der Waals surface area contributed by atoms with Crippen molar-refractivity contribution in [1.82, 2.24) is 4.90 Å². The molecule has 1 N–H and O–H groups in total. The molecule has 0 saturated carbocycles. The second-order valence-corrected chi connectivity index (χ2v) is 8.59. The largest absolute Gasteiger partial charge is 0.444 e. The number of fused-ring (bicyclic) bond motifs is 2. The van der Waals surface area contributed by atoms with E-state index in [1.165, 1.54) is 0 Å². The lowest BCUT2D eigenvalue weighted by Crippen LogP contribution is -2.64. The number of amides is 1. The first-order chi connectivity index (χ1) is 12.1. The summed E-state index contributed by atoms with van der Waals surface area (Å²) in [4.78, 5) is 14.3. The topological polar surface area (TPSA) is 59.0 Å². The molecule has 0 radical (unpaired) electrons. The fraction of sp³-hybridized carbons (Fsp3) is 0.650. The van der Waals surface area contributed by atoms with Gasteiger partial charge in [0.15, 0.2) is 0 Å². The number of nitrogens with zero attached hydrogens (tertiary/aromatic N) is 1. The molecular formula is C20H28FNO4. The molecule has 5 nitrogen and oxygen atoms in total. The summed E-state index contributed by atoms with van der Waals surface area (Å²) in [5, 5.41) is 11.2. The molecule has 2 aliphatic heterocycles. The van der Waals surface area contributed by atoms with E-state index in [9.17, 15) is 14.3 Å². The molecule has 144 valence electrons. The van der Waals surface area contributed by atoms with Crippen LogP contribution in [0, 0.1) is 12.7 Å². The molecule has 2 atom stereocenters. The standard InChI is InChI=1S/C20H28FNO4/c1-13-6-5-7-14(17(13)21)8-20(24)9-15-11-25-12-16(10-20)22(15)18(23)26-19(2,3)4/h5-7,15-16,24H,8-12H2,1-4H3. The molecule has 26 heavy (non-hydrogen) atoms. The Morgan fingerprint density at radius 2 is 1.96 bits per heavy atom. The average Bonchev–Trinajstić information content (AvgIpc) is 2.49. The molecule has 2 heterocycles.